The number of amides is 2. The summed E-state index contributed by atoms with van der Waals surface area (Å²) in [5, 5.41) is 17.0. The Bertz CT molecular complexity index is 1370. The molecule has 0 spiro atoms. The van der Waals surface area contributed by atoms with Gasteiger partial charge in [0.2, 0.25) is 0 Å². The van der Waals surface area contributed by atoms with Crippen LogP contribution in [-0.2, 0) is 0 Å². The Hall–Kier alpha value is -3.82. The van der Waals surface area contributed by atoms with E-state index in [1.54, 1.807) is 30.3 Å². The van der Waals surface area contributed by atoms with Crippen LogP contribution in [-0.4, -0.2) is 21.7 Å². The maximum atomic E-state index is 12.6. The van der Waals surface area contributed by atoms with Gasteiger partial charge in [-0.05, 0) is 43.3 Å². The van der Waals surface area contributed by atoms with Crippen molar-refractivity contribution in [2.75, 3.05) is 10.6 Å². The average Bonchev–Trinajstić information content (AvgIpc) is 3.15. The molecule has 2 amide bonds. The van der Waals surface area contributed by atoms with E-state index in [4.69, 9.17) is 11.6 Å². The molecule has 0 fully saturated rings. The zero-order valence-electron chi connectivity index (χ0n) is 16.6. The largest absolute Gasteiger partial charge is 0.322 e. The maximum Gasteiger partial charge on any atom is 0.270 e. The number of nitro groups is 1. The lowest BCUT2D eigenvalue weighted by Gasteiger charge is -2.06. The Kier molecular flexibility index (Phi) is 5.85. The molecule has 0 atom stereocenters. The Morgan fingerprint density at radius 2 is 1.75 bits per heavy atom. The normalized spacial score (nSPS) is 10.7. The van der Waals surface area contributed by atoms with Crippen molar-refractivity contribution >= 4 is 61.5 Å². The Balaban J connectivity index is 1.52. The Labute approximate surface area is 191 Å². The molecule has 8 nitrogen and oxygen atoms in total. The van der Waals surface area contributed by atoms with E-state index in [1.165, 1.54) is 23.5 Å². The molecule has 0 aliphatic heterocycles. The van der Waals surface area contributed by atoms with Crippen molar-refractivity contribution in [2.24, 2.45) is 0 Å². The molecule has 160 valence electrons. The Morgan fingerprint density at radius 1 is 1.00 bits per heavy atom. The molecule has 1 aromatic heterocycles. The zero-order valence-corrected chi connectivity index (χ0v) is 18.2. The SMILES string of the molecule is Cc1ccc(C(=O)Nc2nc3ccc(NC(=O)c4cc([N+](=O)[O-])ccc4Cl)cc3s2)cc1. The van der Waals surface area contributed by atoms with Crippen LogP contribution >= 0.6 is 22.9 Å². The van der Waals surface area contributed by atoms with E-state index in [0.717, 1.165) is 16.3 Å². The van der Waals surface area contributed by atoms with Crippen LogP contribution in [0.1, 0.15) is 26.3 Å². The second-order valence-corrected chi connectivity index (χ2v) is 8.33. The number of carbonyl (C=O) groups excluding carboxylic acids is 2. The van der Waals surface area contributed by atoms with Crippen molar-refractivity contribution in [3.63, 3.8) is 0 Å². The first-order valence-corrected chi connectivity index (χ1v) is 10.5. The number of rotatable bonds is 5. The number of non-ortho nitro benzene ring substituents is 1. The van der Waals surface area contributed by atoms with Gasteiger partial charge in [0.25, 0.3) is 17.5 Å². The predicted molar refractivity (Wildman–Crippen MR) is 125 cm³/mol. The number of hydrogen-bond acceptors (Lipinski definition) is 6. The summed E-state index contributed by atoms with van der Waals surface area (Å²) in [6.45, 7) is 1.94. The van der Waals surface area contributed by atoms with Crippen LogP contribution in [0.2, 0.25) is 5.02 Å². The molecule has 10 heteroatoms. The summed E-state index contributed by atoms with van der Waals surface area (Å²) in [5.74, 6) is -0.839. The third kappa shape index (κ3) is 4.58. The zero-order chi connectivity index (χ0) is 22.8. The van der Waals surface area contributed by atoms with Gasteiger partial charge in [-0.25, -0.2) is 4.98 Å². The van der Waals surface area contributed by atoms with Crippen molar-refractivity contribution in [1.82, 2.24) is 4.98 Å². The number of benzene rings is 3. The molecule has 0 aliphatic carbocycles. The smallest absolute Gasteiger partial charge is 0.270 e. The van der Waals surface area contributed by atoms with Gasteiger partial charge in [0.15, 0.2) is 5.13 Å². The number of nitro benzene ring substituents is 1. The lowest BCUT2D eigenvalue weighted by Crippen LogP contribution is -2.12. The van der Waals surface area contributed by atoms with Crippen molar-refractivity contribution in [2.45, 2.75) is 6.92 Å². The summed E-state index contributed by atoms with van der Waals surface area (Å²) in [4.78, 5) is 39.8. The molecule has 2 N–H and O–H groups in total. The van der Waals surface area contributed by atoms with Crippen LogP contribution in [0.25, 0.3) is 10.2 Å². The number of nitrogens with one attached hydrogen (secondary N) is 2. The number of halogens is 1. The van der Waals surface area contributed by atoms with Gasteiger partial charge in [0.05, 0.1) is 25.7 Å². The number of thiazole rings is 1. The molecule has 3 aromatic carbocycles. The van der Waals surface area contributed by atoms with E-state index in [2.05, 4.69) is 15.6 Å². The summed E-state index contributed by atoms with van der Waals surface area (Å²) >= 11 is 7.30. The summed E-state index contributed by atoms with van der Waals surface area (Å²) in [5.41, 5.74) is 2.47. The van der Waals surface area contributed by atoms with E-state index in [9.17, 15) is 19.7 Å². The first-order valence-electron chi connectivity index (χ1n) is 9.34. The highest BCUT2D eigenvalue weighted by Crippen LogP contribution is 2.29. The number of fused-ring (bicyclic) bond motifs is 1. The number of carbonyl (C=O) groups is 2. The van der Waals surface area contributed by atoms with Crippen LogP contribution in [0, 0.1) is 17.0 Å². The lowest BCUT2D eigenvalue weighted by atomic mass is 10.1. The summed E-state index contributed by atoms with van der Waals surface area (Å²) in [7, 11) is 0. The molecule has 0 bridgehead atoms. The van der Waals surface area contributed by atoms with Crippen LogP contribution in [0.4, 0.5) is 16.5 Å². The van der Waals surface area contributed by atoms with Gasteiger partial charge in [-0.15, -0.1) is 0 Å². The van der Waals surface area contributed by atoms with E-state index < -0.39 is 10.8 Å². The molecule has 4 aromatic rings. The number of nitrogens with zero attached hydrogens (tertiary/aromatic N) is 2. The fourth-order valence-corrected chi connectivity index (χ4v) is 4.03. The maximum absolute atomic E-state index is 12.6. The number of hydrogen-bond donors (Lipinski definition) is 2. The highest BCUT2D eigenvalue weighted by molar-refractivity contribution is 7.22. The van der Waals surface area contributed by atoms with Gasteiger partial charge in [-0.1, -0.05) is 40.6 Å². The fraction of sp³-hybridized carbons (Fsp3) is 0.0455. The van der Waals surface area contributed by atoms with Gasteiger partial charge in [0.1, 0.15) is 0 Å². The van der Waals surface area contributed by atoms with Gasteiger partial charge in [-0.3, -0.25) is 25.0 Å². The van der Waals surface area contributed by atoms with Gasteiger partial charge in [-0.2, -0.15) is 0 Å². The molecular weight excluding hydrogens is 452 g/mol. The molecule has 0 saturated carbocycles. The number of aryl methyl sites for hydroxylation is 1. The third-order valence-electron chi connectivity index (χ3n) is 4.59. The lowest BCUT2D eigenvalue weighted by molar-refractivity contribution is -0.384. The number of anilines is 2. The van der Waals surface area contributed by atoms with E-state index in [1.807, 2.05) is 19.1 Å². The molecule has 0 unspecified atom stereocenters. The van der Waals surface area contributed by atoms with Crippen LogP contribution in [0.5, 0.6) is 0 Å². The minimum atomic E-state index is -0.594. The minimum absolute atomic E-state index is 0.00341. The van der Waals surface area contributed by atoms with Crippen LogP contribution in [0.3, 0.4) is 0 Å². The van der Waals surface area contributed by atoms with Crippen molar-refractivity contribution < 1.29 is 14.5 Å². The first-order chi connectivity index (χ1) is 15.3. The molecule has 0 aliphatic rings. The highest BCUT2D eigenvalue weighted by atomic mass is 35.5. The van der Waals surface area contributed by atoms with Gasteiger partial charge < -0.3 is 5.32 Å². The van der Waals surface area contributed by atoms with Crippen molar-refractivity contribution in [3.05, 3.63) is 92.5 Å². The first kappa shape index (κ1) is 21.4. The van der Waals surface area contributed by atoms with Crippen LogP contribution in [0.15, 0.2) is 60.7 Å². The van der Waals surface area contributed by atoms with E-state index >= 15 is 0 Å². The molecule has 4 rings (SSSR count). The molecule has 1 heterocycles. The molecule has 0 saturated heterocycles. The monoisotopic (exact) mass is 466 g/mol. The molecule has 32 heavy (non-hydrogen) atoms. The van der Waals surface area contributed by atoms with Gasteiger partial charge >= 0.3 is 0 Å². The average molecular weight is 467 g/mol. The topological polar surface area (TPSA) is 114 Å². The quantitative estimate of drug-likeness (QED) is 0.290. The molecular formula is C22H15ClN4O4S. The second-order valence-electron chi connectivity index (χ2n) is 6.90. The highest BCUT2D eigenvalue weighted by Gasteiger charge is 2.17. The predicted octanol–water partition coefficient (Wildman–Crippen LogP) is 5.67. The standard InChI is InChI=1S/C22H15ClN4O4S/c1-12-2-4-13(5-3-12)20(28)26-22-25-18-9-6-14(10-19(18)32-22)24-21(29)16-11-15(27(30)31)7-8-17(16)23/h2-11H,1H3,(H,24,29)(H,25,26,28). The Morgan fingerprint density at radius 3 is 2.47 bits per heavy atom. The summed E-state index contributed by atoms with van der Waals surface area (Å²) in [6.07, 6.45) is 0. The van der Waals surface area contributed by atoms with Crippen LogP contribution < -0.4 is 10.6 Å². The molecule has 0 radical (unpaired) electrons. The van der Waals surface area contributed by atoms with Crippen molar-refractivity contribution in [3.8, 4) is 0 Å². The fourth-order valence-electron chi connectivity index (χ4n) is 2.93. The minimum Gasteiger partial charge on any atom is -0.322 e. The third-order valence-corrected chi connectivity index (χ3v) is 5.85. The second kappa shape index (κ2) is 8.74. The number of aromatic nitrogens is 1. The van der Waals surface area contributed by atoms with Crippen molar-refractivity contribution in [1.29, 1.82) is 0 Å². The van der Waals surface area contributed by atoms with E-state index in [0.29, 0.717) is 21.9 Å². The summed E-state index contributed by atoms with van der Waals surface area (Å²) in [6, 6.07) is 15.9. The van der Waals surface area contributed by atoms with E-state index in [-0.39, 0.29) is 22.2 Å². The van der Waals surface area contributed by atoms with Gasteiger partial charge in [0, 0.05) is 23.4 Å². The summed E-state index contributed by atoms with van der Waals surface area (Å²) < 4.78 is 0.743.